The summed E-state index contributed by atoms with van der Waals surface area (Å²) in [5.41, 5.74) is 0. The van der Waals surface area contributed by atoms with E-state index < -0.39 is 108 Å². The number of hydrogen-bond donors (Lipinski definition) is 0. The third-order valence-electron chi connectivity index (χ3n) is 8.30. The van der Waals surface area contributed by atoms with E-state index in [1.165, 1.54) is 12.8 Å². The van der Waals surface area contributed by atoms with Crippen LogP contribution in [0, 0.1) is 0 Å². The van der Waals surface area contributed by atoms with E-state index in [-0.39, 0.29) is 6.61 Å². The Balaban J connectivity index is 5.42. The molecule has 0 saturated heterocycles. The van der Waals surface area contributed by atoms with E-state index in [1.807, 2.05) is 0 Å². The summed E-state index contributed by atoms with van der Waals surface area (Å²) in [7, 11) is -30.8. The standard InChI is InChI=1S/C36H94O15Si12/c1-27-29-34-52(3,4)41-54(7,8)43-56(11,12)45-58(15,16)47-60(19,20)49-62(23,24)51-63(25,26)50-61(21,22)48-59(17,18)46-57(13,14)44-55(9,10)42-53(5,6)35-30-31-38-32-33-40-36(37)39-28-2/h28H,2,27,29-35H2,1,3-26H3. The van der Waals surface area contributed by atoms with Gasteiger partial charge in [-0.3, -0.25) is 0 Å². The maximum Gasteiger partial charge on any atom is 0.513 e. The minimum absolute atomic E-state index is 0.119. The molecule has 0 rings (SSSR count). The summed E-state index contributed by atoms with van der Waals surface area (Å²) in [5.74, 6) is 0. The van der Waals surface area contributed by atoms with E-state index in [4.69, 9.17) is 54.7 Å². The second kappa shape index (κ2) is 24.8. The van der Waals surface area contributed by atoms with Crippen molar-refractivity contribution in [2.75, 3.05) is 19.8 Å². The van der Waals surface area contributed by atoms with Gasteiger partial charge in [0.15, 0.2) is 16.6 Å². The van der Waals surface area contributed by atoms with Gasteiger partial charge in [0.2, 0.25) is 0 Å². The van der Waals surface area contributed by atoms with Crippen LogP contribution in [0.4, 0.5) is 4.79 Å². The highest BCUT2D eigenvalue weighted by atomic mass is 28.5. The van der Waals surface area contributed by atoms with E-state index in [2.05, 4.69) is 175 Å². The monoisotopic (exact) mass is 1100 g/mol. The third kappa shape index (κ3) is 31.8. The predicted molar refractivity (Wildman–Crippen MR) is 284 cm³/mol. The summed E-state index contributed by atoms with van der Waals surface area (Å²) in [5, 5.41) is 0. The number of unbranched alkanes of at least 4 members (excludes halogenated alkanes) is 1. The van der Waals surface area contributed by atoms with Crippen molar-refractivity contribution < 1.29 is 64.3 Å². The minimum atomic E-state index is -2.78. The first kappa shape index (κ1) is 64.1. The Bertz CT molecular complexity index is 1410. The Morgan fingerprint density at radius 2 is 0.635 bits per heavy atom. The highest BCUT2D eigenvalue weighted by Gasteiger charge is 2.51. The lowest BCUT2D eigenvalue weighted by molar-refractivity contribution is 0.0445. The van der Waals surface area contributed by atoms with Gasteiger partial charge in [0.05, 0.1) is 12.9 Å². The second-order valence-corrected chi connectivity index (χ2v) is 66.9. The van der Waals surface area contributed by atoms with E-state index in [0.717, 1.165) is 24.8 Å². The molecular weight excluding hydrogens is 1010 g/mol. The van der Waals surface area contributed by atoms with Gasteiger partial charge >= 0.3 is 91.8 Å². The molecular formula is C36H94O15Si12. The Hall–Kier alpha value is 1.13. The lowest BCUT2D eigenvalue weighted by Crippen LogP contribution is -2.62. The van der Waals surface area contributed by atoms with E-state index >= 15 is 0 Å². The molecule has 0 aromatic rings. The third-order valence-corrected chi connectivity index (χ3v) is 55.2. The van der Waals surface area contributed by atoms with Crippen molar-refractivity contribution in [3.05, 3.63) is 12.8 Å². The normalized spacial score (nSPS) is 14.9. The lowest BCUT2D eigenvalue weighted by atomic mass is 10.4. The van der Waals surface area contributed by atoms with Crippen LogP contribution in [0.1, 0.15) is 26.2 Å². The minimum Gasteiger partial charge on any atom is -0.436 e. The zero-order valence-electron chi connectivity index (χ0n) is 44.6. The van der Waals surface area contributed by atoms with Crippen LogP contribution < -0.4 is 0 Å². The molecule has 0 aliphatic rings. The Labute approximate surface area is 398 Å². The van der Waals surface area contributed by atoms with Gasteiger partial charge in [0.25, 0.3) is 0 Å². The quantitative estimate of drug-likeness (QED) is 0.0266. The van der Waals surface area contributed by atoms with E-state index in [1.54, 1.807) is 0 Å². The first-order valence-corrected chi connectivity index (χ1v) is 56.9. The van der Waals surface area contributed by atoms with Crippen molar-refractivity contribution in [2.45, 2.75) is 195 Å². The molecule has 0 spiro atoms. The van der Waals surface area contributed by atoms with Crippen molar-refractivity contribution in [1.29, 1.82) is 0 Å². The summed E-state index contributed by atoms with van der Waals surface area (Å²) in [6.45, 7) is 57.1. The van der Waals surface area contributed by atoms with Crippen LogP contribution in [0.2, 0.25) is 169 Å². The molecule has 0 aromatic heterocycles. The first-order chi connectivity index (χ1) is 27.8. The Kier molecular flexibility index (Phi) is 25.2. The van der Waals surface area contributed by atoms with Gasteiger partial charge in [-0.25, -0.2) is 4.79 Å². The summed E-state index contributed by atoms with van der Waals surface area (Å²) in [6, 6.07) is 2.03. The number of carbonyl (C=O) groups excluding carboxylic acids is 1. The molecule has 0 heterocycles. The first-order valence-electron chi connectivity index (χ1n) is 22.5. The van der Waals surface area contributed by atoms with Gasteiger partial charge in [-0.1, -0.05) is 26.3 Å². The lowest BCUT2D eigenvalue weighted by Gasteiger charge is -2.45. The van der Waals surface area contributed by atoms with Gasteiger partial charge in [0, 0.05) is 6.61 Å². The fourth-order valence-electron chi connectivity index (χ4n) is 8.56. The molecule has 0 aliphatic heterocycles. The molecule has 0 N–H and O–H groups in total. The number of hydrogen-bond acceptors (Lipinski definition) is 15. The highest BCUT2D eigenvalue weighted by Crippen LogP contribution is 2.32. The molecule has 15 nitrogen and oxygen atoms in total. The van der Waals surface area contributed by atoms with Crippen LogP contribution in [-0.2, 0) is 59.5 Å². The van der Waals surface area contributed by atoms with Crippen LogP contribution in [0.25, 0.3) is 0 Å². The molecule has 0 radical (unpaired) electrons. The number of ether oxygens (including phenoxy) is 3. The molecule has 0 aliphatic carbocycles. The molecule has 0 unspecified atom stereocenters. The van der Waals surface area contributed by atoms with Gasteiger partial charge in [-0.15, -0.1) is 0 Å². The van der Waals surface area contributed by atoms with Gasteiger partial charge in [0.1, 0.15) is 6.61 Å². The van der Waals surface area contributed by atoms with Crippen molar-refractivity contribution in [3.8, 4) is 0 Å². The fourth-order valence-corrected chi connectivity index (χ4v) is 70.3. The topological polar surface area (TPSA) is 146 Å². The van der Waals surface area contributed by atoms with E-state index in [0.29, 0.717) is 13.2 Å². The molecule has 376 valence electrons. The molecule has 0 aromatic carbocycles. The van der Waals surface area contributed by atoms with Crippen LogP contribution in [0.3, 0.4) is 0 Å². The van der Waals surface area contributed by atoms with Crippen LogP contribution in [-0.4, -0.2) is 128 Å². The molecule has 0 fully saturated rings. The zero-order chi connectivity index (χ0) is 49.8. The van der Waals surface area contributed by atoms with Gasteiger partial charge in [-0.2, -0.15) is 0 Å². The Morgan fingerprint density at radius 3 is 0.889 bits per heavy atom. The summed E-state index contributed by atoms with van der Waals surface area (Å²) in [4.78, 5) is 11.3. The van der Waals surface area contributed by atoms with Gasteiger partial charge < -0.3 is 59.5 Å². The molecule has 63 heavy (non-hydrogen) atoms. The molecule has 27 heteroatoms. The summed E-state index contributed by atoms with van der Waals surface area (Å²) in [6.07, 6.45) is 3.41. The van der Waals surface area contributed by atoms with E-state index in [9.17, 15) is 4.79 Å². The summed E-state index contributed by atoms with van der Waals surface area (Å²) < 4.78 is 90.0. The van der Waals surface area contributed by atoms with Crippen molar-refractivity contribution >= 4 is 108 Å². The van der Waals surface area contributed by atoms with Crippen molar-refractivity contribution in [1.82, 2.24) is 0 Å². The smallest absolute Gasteiger partial charge is 0.436 e. The average Bonchev–Trinajstić information content (AvgIpc) is 2.92. The van der Waals surface area contributed by atoms with Crippen molar-refractivity contribution in [2.24, 2.45) is 0 Å². The Morgan fingerprint density at radius 1 is 0.381 bits per heavy atom. The molecule has 0 atom stereocenters. The van der Waals surface area contributed by atoms with Crippen molar-refractivity contribution in [3.63, 3.8) is 0 Å². The maximum absolute atomic E-state index is 11.3. The zero-order valence-corrected chi connectivity index (χ0v) is 56.6. The maximum atomic E-state index is 11.3. The predicted octanol–water partition coefficient (Wildman–Crippen LogP) is 12.1. The molecule has 0 saturated carbocycles. The summed E-state index contributed by atoms with van der Waals surface area (Å²) >= 11 is 0. The molecule has 0 amide bonds. The van der Waals surface area contributed by atoms with Crippen LogP contribution in [0.5, 0.6) is 0 Å². The molecule has 0 bridgehead atoms. The number of carbonyl (C=O) groups is 1. The average molecular weight is 1100 g/mol. The largest absolute Gasteiger partial charge is 0.513 e. The van der Waals surface area contributed by atoms with Crippen LogP contribution >= 0.6 is 0 Å². The van der Waals surface area contributed by atoms with Crippen LogP contribution in [0.15, 0.2) is 12.8 Å². The highest BCUT2D eigenvalue weighted by molar-refractivity contribution is 6.94. The SMILES string of the molecule is C=COC(=O)OCCOCCC[Si](C)(C)O[Si](C)(C)O[Si](C)(C)O[Si](C)(C)O[Si](C)(C)O[Si](C)(C)O[Si](C)(C)O[Si](C)(C)O[Si](C)(C)O[Si](C)(C)O[Si](C)(C)O[Si](C)(C)CCCC. The second-order valence-electron chi connectivity index (χ2n) is 21.8. The van der Waals surface area contributed by atoms with Gasteiger partial charge in [-0.05, 0) is 176 Å². The fraction of sp³-hybridized carbons (Fsp3) is 0.917. The number of rotatable bonds is 33.